The van der Waals surface area contributed by atoms with Crippen LogP contribution >= 0.6 is 11.8 Å². The number of nitrogens with two attached hydrogens (primary N) is 1. The molecule has 2 aliphatic rings. The smallest absolute Gasteiger partial charge is 0.238 e. The largest absolute Gasteiger partial charge is 0.490 e. The van der Waals surface area contributed by atoms with E-state index in [4.69, 9.17) is 10.5 Å². The average Bonchev–Trinajstić information content (AvgIpc) is 3.32. The molecule has 32 heavy (non-hydrogen) atoms. The third-order valence-electron chi connectivity index (χ3n) is 5.92. The molecule has 1 atom stereocenters. The van der Waals surface area contributed by atoms with Crippen LogP contribution in [0.15, 0.2) is 52.3 Å². The average molecular weight is 456 g/mol. The van der Waals surface area contributed by atoms with E-state index in [2.05, 4.69) is 45.7 Å². The molecule has 0 aliphatic carbocycles. The van der Waals surface area contributed by atoms with Crippen molar-refractivity contribution in [1.82, 2.24) is 10.2 Å². The molecule has 1 unspecified atom stereocenters. The van der Waals surface area contributed by atoms with Crippen molar-refractivity contribution in [2.24, 2.45) is 5.73 Å². The molecular formula is C24H33N5O2S. The van der Waals surface area contributed by atoms with Gasteiger partial charge in [-0.3, -0.25) is 4.79 Å². The lowest BCUT2D eigenvalue weighted by molar-refractivity contribution is -0.114. The maximum absolute atomic E-state index is 11.6. The molecule has 0 bridgehead atoms. The molecule has 2 aliphatic heterocycles. The SMILES string of the molecule is CN1CCN(c2ccc(Sc3cccc(NC(=O)CN)c3)cc2OCC2CCCN2)CC1. The van der Waals surface area contributed by atoms with Crippen molar-refractivity contribution in [2.45, 2.75) is 28.7 Å². The Morgan fingerprint density at radius 3 is 2.75 bits per heavy atom. The Bertz CT molecular complexity index is 911. The molecule has 4 rings (SSSR count). The van der Waals surface area contributed by atoms with Gasteiger partial charge >= 0.3 is 0 Å². The monoisotopic (exact) mass is 455 g/mol. The van der Waals surface area contributed by atoms with Crippen molar-refractivity contribution < 1.29 is 9.53 Å². The summed E-state index contributed by atoms with van der Waals surface area (Å²) in [4.78, 5) is 18.6. The van der Waals surface area contributed by atoms with Crippen molar-refractivity contribution in [3.8, 4) is 5.75 Å². The summed E-state index contributed by atoms with van der Waals surface area (Å²) in [5.41, 5.74) is 7.34. The molecule has 172 valence electrons. The third kappa shape index (κ3) is 6.16. The van der Waals surface area contributed by atoms with Crippen LogP contribution in [0, 0.1) is 0 Å². The fourth-order valence-electron chi connectivity index (χ4n) is 4.06. The number of hydrogen-bond acceptors (Lipinski definition) is 7. The van der Waals surface area contributed by atoms with Gasteiger partial charge in [0.15, 0.2) is 0 Å². The first-order chi connectivity index (χ1) is 15.6. The summed E-state index contributed by atoms with van der Waals surface area (Å²) in [7, 11) is 2.17. The summed E-state index contributed by atoms with van der Waals surface area (Å²) in [6.07, 6.45) is 2.38. The van der Waals surface area contributed by atoms with E-state index in [0.29, 0.717) is 12.6 Å². The second-order valence-electron chi connectivity index (χ2n) is 8.41. The molecule has 0 spiro atoms. The highest BCUT2D eigenvalue weighted by atomic mass is 32.2. The van der Waals surface area contributed by atoms with Crippen LogP contribution in [0.2, 0.25) is 0 Å². The number of hydrogen-bond donors (Lipinski definition) is 3. The minimum absolute atomic E-state index is 0.0261. The molecule has 8 heteroatoms. The van der Waals surface area contributed by atoms with Gasteiger partial charge in [-0.25, -0.2) is 0 Å². The molecule has 2 fully saturated rings. The Morgan fingerprint density at radius 2 is 2.00 bits per heavy atom. The zero-order valence-electron chi connectivity index (χ0n) is 18.7. The van der Waals surface area contributed by atoms with Crippen LogP contribution < -0.4 is 26.0 Å². The Morgan fingerprint density at radius 1 is 1.19 bits per heavy atom. The van der Waals surface area contributed by atoms with Gasteiger partial charge < -0.3 is 30.9 Å². The van der Waals surface area contributed by atoms with E-state index in [0.717, 1.165) is 54.0 Å². The lowest BCUT2D eigenvalue weighted by Gasteiger charge is -2.35. The summed E-state index contributed by atoms with van der Waals surface area (Å²) in [6, 6.07) is 14.7. The van der Waals surface area contributed by atoms with E-state index in [9.17, 15) is 4.79 Å². The number of likely N-dealkylation sites (N-methyl/N-ethyl adjacent to an activating group) is 1. The van der Waals surface area contributed by atoms with Crippen molar-refractivity contribution in [3.63, 3.8) is 0 Å². The van der Waals surface area contributed by atoms with E-state index in [-0.39, 0.29) is 12.5 Å². The van der Waals surface area contributed by atoms with Crippen LogP contribution in [0.1, 0.15) is 12.8 Å². The molecule has 1 amide bonds. The number of carbonyl (C=O) groups is 1. The van der Waals surface area contributed by atoms with E-state index in [1.807, 2.05) is 24.3 Å². The van der Waals surface area contributed by atoms with E-state index >= 15 is 0 Å². The number of nitrogens with zero attached hydrogens (tertiary/aromatic N) is 2. The summed E-state index contributed by atoms with van der Waals surface area (Å²) in [5, 5.41) is 6.34. The molecule has 7 nitrogen and oxygen atoms in total. The summed E-state index contributed by atoms with van der Waals surface area (Å²) < 4.78 is 6.37. The lowest BCUT2D eigenvalue weighted by Crippen LogP contribution is -2.44. The minimum atomic E-state index is -0.195. The fourth-order valence-corrected chi connectivity index (χ4v) is 4.96. The predicted octanol–water partition coefficient (Wildman–Crippen LogP) is 2.62. The van der Waals surface area contributed by atoms with Gasteiger partial charge in [0.25, 0.3) is 0 Å². The fraction of sp³-hybridized carbons (Fsp3) is 0.458. The first kappa shape index (κ1) is 22.9. The Labute approximate surface area is 194 Å². The van der Waals surface area contributed by atoms with Gasteiger partial charge in [-0.05, 0) is 62.8 Å². The Balaban J connectivity index is 1.51. The van der Waals surface area contributed by atoms with Crippen LogP contribution in [0.3, 0.4) is 0 Å². The number of amides is 1. The summed E-state index contributed by atoms with van der Waals surface area (Å²) >= 11 is 1.66. The predicted molar refractivity (Wildman–Crippen MR) is 131 cm³/mol. The molecule has 2 aromatic rings. The normalized spacial score (nSPS) is 19.2. The van der Waals surface area contributed by atoms with Crippen LogP contribution in [-0.2, 0) is 4.79 Å². The van der Waals surface area contributed by atoms with E-state index in [1.165, 1.54) is 18.5 Å². The van der Waals surface area contributed by atoms with Gasteiger partial charge in [0, 0.05) is 47.7 Å². The Hall–Kier alpha value is -2.26. The number of ether oxygens (including phenoxy) is 1. The molecule has 0 radical (unpaired) electrons. The van der Waals surface area contributed by atoms with Gasteiger partial charge in [0.05, 0.1) is 12.2 Å². The number of nitrogens with one attached hydrogen (secondary N) is 2. The number of carbonyl (C=O) groups excluding carboxylic acids is 1. The molecule has 2 heterocycles. The van der Waals surface area contributed by atoms with Crippen LogP contribution in [-0.4, -0.2) is 69.8 Å². The second-order valence-corrected chi connectivity index (χ2v) is 9.55. The number of rotatable bonds is 8. The summed E-state index contributed by atoms with van der Waals surface area (Å²) in [5.74, 6) is 0.751. The third-order valence-corrected chi connectivity index (χ3v) is 6.90. The van der Waals surface area contributed by atoms with Crippen molar-refractivity contribution >= 4 is 29.0 Å². The van der Waals surface area contributed by atoms with E-state index < -0.39 is 0 Å². The van der Waals surface area contributed by atoms with Crippen molar-refractivity contribution in [2.75, 3.05) is 63.1 Å². The van der Waals surface area contributed by atoms with Gasteiger partial charge in [0.1, 0.15) is 12.4 Å². The van der Waals surface area contributed by atoms with E-state index in [1.54, 1.807) is 11.8 Å². The zero-order valence-corrected chi connectivity index (χ0v) is 19.5. The molecular weight excluding hydrogens is 422 g/mol. The first-order valence-electron chi connectivity index (χ1n) is 11.3. The number of benzene rings is 2. The first-order valence-corrected chi connectivity index (χ1v) is 12.1. The molecule has 0 saturated carbocycles. The van der Waals surface area contributed by atoms with Gasteiger partial charge in [-0.2, -0.15) is 0 Å². The van der Waals surface area contributed by atoms with Gasteiger partial charge in [-0.15, -0.1) is 0 Å². The zero-order chi connectivity index (χ0) is 22.3. The van der Waals surface area contributed by atoms with Crippen LogP contribution in [0.4, 0.5) is 11.4 Å². The topological polar surface area (TPSA) is 82.9 Å². The minimum Gasteiger partial charge on any atom is -0.490 e. The standard InChI is InChI=1S/C24H33N5O2S/c1-28-10-12-29(13-11-28)22-8-7-21(15-23(22)31-17-19-5-3-9-26-19)32-20-6-2-4-18(14-20)27-24(30)16-25/h2,4,6-8,14-15,19,26H,3,5,9-13,16-17,25H2,1H3,(H,27,30). The number of piperazine rings is 1. The molecule has 2 aromatic carbocycles. The quantitative estimate of drug-likeness (QED) is 0.564. The molecule has 0 aromatic heterocycles. The highest BCUT2D eigenvalue weighted by Crippen LogP contribution is 2.37. The van der Waals surface area contributed by atoms with Crippen molar-refractivity contribution in [3.05, 3.63) is 42.5 Å². The van der Waals surface area contributed by atoms with Crippen LogP contribution in [0.5, 0.6) is 5.75 Å². The highest BCUT2D eigenvalue weighted by molar-refractivity contribution is 7.99. The highest BCUT2D eigenvalue weighted by Gasteiger charge is 2.20. The molecule has 2 saturated heterocycles. The van der Waals surface area contributed by atoms with Gasteiger partial charge in [0.2, 0.25) is 5.91 Å². The maximum atomic E-state index is 11.6. The lowest BCUT2D eigenvalue weighted by atomic mass is 10.2. The Kier molecular flexibility index (Phi) is 7.91. The maximum Gasteiger partial charge on any atom is 0.238 e. The van der Waals surface area contributed by atoms with Crippen LogP contribution in [0.25, 0.3) is 0 Å². The second kappa shape index (κ2) is 11.0. The number of anilines is 2. The molecule has 4 N–H and O–H groups in total. The van der Waals surface area contributed by atoms with Crippen molar-refractivity contribution in [1.29, 1.82) is 0 Å². The summed E-state index contributed by atoms with van der Waals surface area (Å²) in [6.45, 7) is 5.86. The van der Waals surface area contributed by atoms with Gasteiger partial charge in [-0.1, -0.05) is 17.8 Å².